The molecule has 5 heteroatoms. The minimum absolute atomic E-state index is 0. The number of hydroxylamine groups is 3. The van der Waals surface area contributed by atoms with E-state index >= 15 is 0 Å². The number of halogens is 1. The molecular weight excluding hydrogens is 109 g/mol. The quantitative estimate of drug-likeness (QED) is 0.228. The third kappa shape index (κ3) is 2390. The zero-order valence-electron chi connectivity index (χ0n) is 3.17. The SMILES string of the molecule is C[N+](O)(O)O.[Cl-]. The van der Waals surface area contributed by atoms with E-state index in [2.05, 4.69) is 0 Å². The van der Waals surface area contributed by atoms with Crippen LogP contribution in [0, 0.1) is 0 Å². The Labute approximate surface area is 41.1 Å². The molecule has 6 heavy (non-hydrogen) atoms. The summed E-state index contributed by atoms with van der Waals surface area (Å²) < 4.78 is 0. The molecule has 0 unspecified atom stereocenters. The first-order chi connectivity index (χ1) is 2.00. The van der Waals surface area contributed by atoms with E-state index in [4.69, 9.17) is 15.6 Å². The molecular formula is CH6ClNO3. The van der Waals surface area contributed by atoms with Gasteiger partial charge in [0.2, 0.25) is 0 Å². The van der Waals surface area contributed by atoms with Gasteiger partial charge in [0.05, 0.1) is 4.97 Å². The van der Waals surface area contributed by atoms with Gasteiger partial charge in [-0.15, -0.1) is 15.6 Å². The van der Waals surface area contributed by atoms with E-state index in [1.54, 1.807) is 0 Å². The van der Waals surface area contributed by atoms with Gasteiger partial charge in [0.25, 0.3) is 0 Å². The highest BCUT2D eigenvalue weighted by atomic mass is 35.5. The molecule has 0 amide bonds. The molecule has 0 atom stereocenters. The van der Waals surface area contributed by atoms with Gasteiger partial charge in [-0.05, 0) is 0 Å². The summed E-state index contributed by atoms with van der Waals surface area (Å²) in [6.07, 6.45) is 0. The fourth-order valence-electron chi connectivity index (χ4n) is 0. The second-order valence-corrected chi connectivity index (χ2v) is 0.868. The molecule has 0 aliphatic heterocycles. The molecule has 0 saturated heterocycles. The molecule has 0 saturated carbocycles. The van der Waals surface area contributed by atoms with Crippen LogP contribution in [0.5, 0.6) is 0 Å². The topological polar surface area (TPSA) is 60.7 Å². The van der Waals surface area contributed by atoms with Gasteiger partial charge in [-0.3, -0.25) is 0 Å². The smallest absolute Gasteiger partial charge is 0.167 e. The number of rotatable bonds is 0. The molecule has 0 bridgehead atoms. The average molecular weight is 116 g/mol. The van der Waals surface area contributed by atoms with E-state index in [9.17, 15) is 0 Å². The maximum atomic E-state index is 7.57. The van der Waals surface area contributed by atoms with E-state index in [1.807, 2.05) is 0 Å². The molecule has 0 aromatic carbocycles. The van der Waals surface area contributed by atoms with E-state index in [0.717, 1.165) is 7.05 Å². The second-order valence-electron chi connectivity index (χ2n) is 0.868. The summed E-state index contributed by atoms with van der Waals surface area (Å²) in [4.78, 5) is -2.00. The summed E-state index contributed by atoms with van der Waals surface area (Å²) in [5.74, 6) is 0. The standard InChI is InChI=1S/CH6NO3.ClH/c1-2(3,4)5;/h3-5H,1H3;1H/q+1;/p-1. The molecule has 4 nitrogen and oxygen atoms in total. The number of quaternary nitrogens is 1. The van der Waals surface area contributed by atoms with Crippen LogP contribution < -0.4 is 12.4 Å². The molecule has 0 rings (SSSR count). The van der Waals surface area contributed by atoms with Gasteiger partial charge in [-0.25, -0.2) is 0 Å². The summed E-state index contributed by atoms with van der Waals surface area (Å²) in [6.45, 7) is 0. The average Bonchev–Trinajstić information content (AvgIpc) is 0.722. The van der Waals surface area contributed by atoms with Crippen LogP contribution in [0.2, 0.25) is 0 Å². The lowest BCUT2D eigenvalue weighted by atomic mass is 11.5. The number of hydrogen-bond donors (Lipinski definition) is 3. The highest BCUT2D eigenvalue weighted by molar-refractivity contribution is 3.30. The van der Waals surface area contributed by atoms with E-state index in [1.165, 1.54) is 0 Å². The van der Waals surface area contributed by atoms with Gasteiger partial charge in [0.15, 0.2) is 7.05 Å². The first-order valence-electron chi connectivity index (χ1n) is 1.05. The van der Waals surface area contributed by atoms with Crippen LogP contribution in [-0.4, -0.2) is 27.6 Å². The third-order valence-corrected chi connectivity index (χ3v) is 0. The second kappa shape index (κ2) is 2.33. The molecule has 0 heterocycles. The Morgan fingerprint density at radius 1 is 1.17 bits per heavy atom. The lowest BCUT2D eigenvalue weighted by molar-refractivity contribution is -1.36. The van der Waals surface area contributed by atoms with Crippen molar-refractivity contribution in [3.8, 4) is 0 Å². The fourth-order valence-corrected chi connectivity index (χ4v) is 0. The maximum absolute atomic E-state index is 7.57. The number of nitrogens with zero attached hydrogens (tertiary/aromatic N) is 1. The van der Waals surface area contributed by atoms with Crippen molar-refractivity contribution < 1.29 is 33.0 Å². The van der Waals surface area contributed by atoms with Gasteiger partial charge in [-0.1, -0.05) is 0 Å². The van der Waals surface area contributed by atoms with Gasteiger partial charge < -0.3 is 12.4 Å². The molecule has 40 valence electrons. The van der Waals surface area contributed by atoms with E-state index in [-0.39, 0.29) is 12.4 Å². The zero-order valence-corrected chi connectivity index (χ0v) is 3.92. The van der Waals surface area contributed by atoms with Crippen molar-refractivity contribution in [1.82, 2.24) is 0 Å². The predicted octanol–water partition coefficient (Wildman–Crippen LogP) is -3.40. The molecule has 0 radical (unpaired) electrons. The van der Waals surface area contributed by atoms with Crippen LogP contribution in [0.1, 0.15) is 0 Å². The largest absolute Gasteiger partial charge is 1.00 e. The van der Waals surface area contributed by atoms with Crippen LogP contribution in [0.4, 0.5) is 0 Å². The summed E-state index contributed by atoms with van der Waals surface area (Å²) in [5.41, 5.74) is 0. The lowest BCUT2D eigenvalue weighted by Gasteiger charge is -2.00. The van der Waals surface area contributed by atoms with Crippen LogP contribution in [0.25, 0.3) is 0 Å². The van der Waals surface area contributed by atoms with Crippen molar-refractivity contribution in [3.63, 3.8) is 0 Å². The van der Waals surface area contributed by atoms with Crippen molar-refractivity contribution in [1.29, 1.82) is 0 Å². The Morgan fingerprint density at radius 3 is 1.17 bits per heavy atom. The molecule has 0 aromatic rings. The van der Waals surface area contributed by atoms with Gasteiger partial charge in [0, 0.05) is 0 Å². The summed E-state index contributed by atoms with van der Waals surface area (Å²) >= 11 is 0. The maximum Gasteiger partial charge on any atom is 0.167 e. The summed E-state index contributed by atoms with van der Waals surface area (Å²) in [7, 11) is 0.792. The fraction of sp³-hybridized carbons (Fsp3) is 1.00. The van der Waals surface area contributed by atoms with Gasteiger partial charge >= 0.3 is 0 Å². The first kappa shape index (κ1) is 9.46. The Balaban J connectivity index is 0. The van der Waals surface area contributed by atoms with Crippen molar-refractivity contribution in [2.45, 2.75) is 0 Å². The highest BCUT2D eigenvalue weighted by Gasteiger charge is 2.02. The Bertz CT molecular complexity index is 26.3. The lowest BCUT2D eigenvalue weighted by Crippen LogP contribution is -3.00. The normalized spacial score (nSPS) is 10.0. The molecule has 0 aliphatic rings. The van der Waals surface area contributed by atoms with Crippen molar-refractivity contribution >= 4 is 0 Å². The predicted molar refractivity (Wildman–Crippen MR) is 11.5 cm³/mol. The third-order valence-electron chi connectivity index (χ3n) is 0. The van der Waals surface area contributed by atoms with Crippen molar-refractivity contribution in [2.75, 3.05) is 7.05 Å². The van der Waals surface area contributed by atoms with E-state index in [0.29, 0.717) is 0 Å². The van der Waals surface area contributed by atoms with Crippen LogP contribution >= 0.6 is 0 Å². The molecule has 0 fully saturated rings. The Kier molecular flexibility index (Phi) is 3.67. The minimum Gasteiger partial charge on any atom is -1.00 e. The van der Waals surface area contributed by atoms with E-state index < -0.39 is 4.97 Å². The Hall–Kier alpha value is 0.130. The summed E-state index contributed by atoms with van der Waals surface area (Å²) in [6, 6.07) is 0. The van der Waals surface area contributed by atoms with Crippen LogP contribution in [0.15, 0.2) is 0 Å². The van der Waals surface area contributed by atoms with Gasteiger partial charge in [0.1, 0.15) is 0 Å². The van der Waals surface area contributed by atoms with Crippen molar-refractivity contribution in [3.05, 3.63) is 0 Å². The van der Waals surface area contributed by atoms with Crippen LogP contribution in [0.3, 0.4) is 0 Å². The zero-order chi connectivity index (χ0) is 4.50. The number of hydrogen-bond acceptors (Lipinski definition) is 3. The molecule has 0 aliphatic carbocycles. The first-order valence-corrected chi connectivity index (χ1v) is 1.05. The Morgan fingerprint density at radius 2 is 1.17 bits per heavy atom. The monoisotopic (exact) mass is 115 g/mol. The minimum atomic E-state index is -2.00. The summed E-state index contributed by atoms with van der Waals surface area (Å²) in [5, 5.41) is 22.7. The van der Waals surface area contributed by atoms with Crippen molar-refractivity contribution in [2.24, 2.45) is 0 Å². The molecule has 3 N–H and O–H groups in total. The van der Waals surface area contributed by atoms with Gasteiger partial charge in [-0.2, -0.15) is 0 Å². The highest BCUT2D eigenvalue weighted by Crippen LogP contribution is 1.70. The molecule has 0 aromatic heterocycles. The van der Waals surface area contributed by atoms with Crippen LogP contribution in [-0.2, 0) is 0 Å². The molecule has 0 spiro atoms.